The third kappa shape index (κ3) is 15.5. The Morgan fingerprint density at radius 1 is 0.977 bits per heavy atom. The van der Waals surface area contributed by atoms with Gasteiger partial charge in [0.05, 0.1) is 24.7 Å². The molecule has 1 aromatic carbocycles. The lowest BCUT2D eigenvalue weighted by molar-refractivity contribution is -0.150. The number of hydrogen-bond acceptors (Lipinski definition) is 8. The van der Waals surface area contributed by atoms with Crippen LogP contribution in [0.4, 0.5) is 0 Å². The third-order valence-corrected chi connectivity index (χ3v) is 7.67. The quantitative estimate of drug-likeness (QED) is 0.105. The van der Waals surface area contributed by atoms with Gasteiger partial charge in [0.15, 0.2) is 0 Å². The number of benzene rings is 1. The van der Waals surface area contributed by atoms with E-state index in [9.17, 15) is 24.6 Å². The number of carbonyl (C=O) groups is 3. The number of carbonyl (C=O) groups excluding carboxylic acids is 3. The van der Waals surface area contributed by atoms with Gasteiger partial charge < -0.3 is 29.7 Å². The van der Waals surface area contributed by atoms with E-state index in [1.54, 1.807) is 0 Å². The largest absolute Gasteiger partial charge is 0.463 e. The fraction of sp³-hybridized carbons (Fsp3) is 0.676. The summed E-state index contributed by atoms with van der Waals surface area (Å²) >= 11 is 0. The van der Waals surface area contributed by atoms with Crippen molar-refractivity contribution in [3.8, 4) is 0 Å². The lowest BCUT2D eigenvalue weighted by Gasteiger charge is -2.25. The van der Waals surface area contributed by atoms with Crippen molar-refractivity contribution in [1.82, 2.24) is 5.32 Å². The molecule has 5 atom stereocenters. The molecule has 9 heteroatoms. The maximum absolute atomic E-state index is 12.7. The Hall–Kier alpha value is -2.75. The van der Waals surface area contributed by atoms with Crippen LogP contribution in [0.3, 0.4) is 0 Å². The molecule has 0 spiro atoms. The average molecular weight is 604 g/mol. The SMILES string of the molecule is CCCOCC(=O)NCCC(=O)O[C@@H](CCc1ccccc1)CC[C@@H]1[C@@H](C/C=C\CCCC(=O)OC(C)C)[C@@H](O)C[C@H]1O. The van der Waals surface area contributed by atoms with Crippen LogP contribution < -0.4 is 5.32 Å². The fourth-order valence-corrected chi connectivity index (χ4v) is 5.49. The molecule has 1 aliphatic rings. The van der Waals surface area contributed by atoms with Crippen molar-refractivity contribution in [1.29, 1.82) is 0 Å². The summed E-state index contributed by atoms with van der Waals surface area (Å²) in [5.41, 5.74) is 1.15. The van der Waals surface area contributed by atoms with Gasteiger partial charge >= 0.3 is 11.9 Å². The van der Waals surface area contributed by atoms with Crippen molar-refractivity contribution in [2.24, 2.45) is 11.8 Å². The zero-order valence-electron chi connectivity index (χ0n) is 26.2. The van der Waals surface area contributed by atoms with E-state index in [1.807, 2.05) is 63.3 Å². The minimum Gasteiger partial charge on any atom is -0.463 e. The van der Waals surface area contributed by atoms with Crippen molar-refractivity contribution >= 4 is 17.8 Å². The molecule has 0 saturated heterocycles. The number of rotatable bonds is 21. The summed E-state index contributed by atoms with van der Waals surface area (Å²) in [5.74, 6) is -1.03. The van der Waals surface area contributed by atoms with Crippen LogP contribution in [-0.2, 0) is 35.0 Å². The van der Waals surface area contributed by atoms with E-state index in [1.165, 1.54) is 0 Å². The van der Waals surface area contributed by atoms with Gasteiger partial charge in [-0.2, -0.15) is 0 Å². The average Bonchev–Trinajstić information content (AvgIpc) is 3.23. The molecule has 1 amide bonds. The molecule has 9 nitrogen and oxygen atoms in total. The van der Waals surface area contributed by atoms with Crippen LogP contribution >= 0.6 is 0 Å². The van der Waals surface area contributed by atoms with E-state index in [-0.39, 0.29) is 61.5 Å². The second kappa shape index (κ2) is 21.0. The molecule has 1 aromatic rings. The predicted molar refractivity (Wildman–Crippen MR) is 165 cm³/mol. The molecule has 2 rings (SSSR count). The Balaban J connectivity index is 1.88. The van der Waals surface area contributed by atoms with Gasteiger partial charge in [-0.1, -0.05) is 49.4 Å². The zero-order valence-corrected chi connectivity index (χ0v) is 26.2. The van der Waals surface area contributed by atoms with E-state index < -0.39 is 12.2 Å². The Morgan fingerprint density at radius 3 is 2.42 bits per heavy atom. The lowest BCUT2D eigenvalue weighted by Crippen LogP contribution is -2.31. The summed E-state index contributed by atoms with van der Waals surface area (Å²) < 4.78 is 16.2. The number of amides is 1. The Kier molecular flexibility index (Phi) is 17.8. The molecule has 0 radical (unpaired) electrons. The monoisotopic (exact) mass is 603 g/mol. The van der Waals surface area contributed by atoms with Crippen LogP contribution in [0.25, 0.3) is 0 Å². The number of nitrogens with one attached hydrogen (secondary N) is 1. The standard InChI is InChI=1S/C34H53NO8/c1-4-22-41-24-32(38)35-21-20-34(40)43-27(17-16-26-12-8-7-9-13-26)18-19-29-28(30(36)23-31(29)37)14-10-5-6-11-15-33(39)42-25(2)3/h5,7-10,12-13,25,27-31,36-37H,4,6,11,14-24H2,1-3H3,(H,35,38)/b10-5-/t27-,28+,29+,30-,31+/m0/s1. The Bertz CT molecular complexity index is 966. The van der Waals surface area contributed by atoms with Gasteiger partial charge in [0, 0.05) is 19.6 Å². The first kappa shape index (κ1) is 36.4. The summed E-state index contributed by atoms with van der Waals surface area (Å²) in [6.07, 6.45) is 8.65. The van der Waals surface area contributed by atoms with Crippen LogP contribution in [0.15, 0.2) is 42.5 Å². The molecular formula is C34H53NO8. The van der Waals surface area contributed by atoms with Gasteiger partial charge in [0.1, 0.15) is 12.7 Å². The van der Waals surface area contributed by atoms with Crippen LogP contribution in [0.1, 0.15) is 90.5 Å². The highest BCUT2D eigenvalue weighted by Crippen LogP contribution is 2.38. The van der Waals surface area contributed by atoms with E-state index in [0.29, 0.717) is 51.6 Å². The summed E-state index contributed by atoms with van der Waals surface area (Å²) in [5, 5.41) is 24.1. The van der Waals surface area contributed by atoms with Crippen molar-refractivity contribution in [3.63, 3.8) is 0 Å². The predicted octanol–water partition coefficient (Wildman–Crippen LogP) is 4.67. The highest BCUT2D eigenvalue weighted by molar-refractivity contribution is 5.78. The Morgan fingerprint density at radius 2 is 1.70 bits per heavy atom. The van der Waals surface area contributed by atoms with Crippen molar-refractivity contribution in [2.45, 2.75) is 116 Å². The van der Waals surface area contributed by atoms with Gasteiger partial charge in [-0.05, 0) is 89.0 Å². The number of allylic oxidation sites excluding steroid dienone is 2. The number of esters is 2. The minimum atomic E-state index is -0.616. The maximum Gasteiger partial charge on any atom is 0.307 e. The molecule has 1 fully saturated rings. The lowest BCUT2D eigenvalue weighted by atomic mass is 9.85. The molecule has 0 bridgehead atoms. The number of ether oxygens (including phenoxy) is 3. The summed E-state index contributed by atoms with van der Waals surface area (Å²) in [6, 6.07) is 10.0. The van der Waals surface area contributed by atoms with Crippen molar-refractivity contribution < 1.29 is 38.8 Å². The maximum atomic E-state index is 12.7. The zero-order chi connectivity index (χ0) is 31.5. The third-order valence-electron chi connectivity index (χ3n) is 7.67. The molecule has 0 heterocycles. The first-order valence-electron chi connectivity index (χ1n) is 16.0. The highest BCUT2D eigenvalue weighted by Gasteiger charge is 2.40. The van der Waals surface area contributed by atoms with Crippen molar-refractivity contribution in [2.75, 3.05) is 19.8 Å². The second-order valence-electron chi connectivity index (χ2n) is 11.7. The second-order valence-corrected chi connectivity index (χ2v) is 11.7. The smallest absolute Gasteiger partial charge is 0.307 e. The number of aliphatic hydroxyl groups is 2. The summed E-state index contributed by atoms with van der Waals surface area (Å²) in [7, 11) is 0. The molecule has 3 N–H and O–H groups in total. The molecule has 0 aromatic heterocycles. The van der Waals surface area contributed by atoms with Crippen LogP contribution in [0, 0.1) is 11.8 Å². The highest BCUT2D eigenvalue weighted by atomic mass is 16.5. The summed E-state index contributed by atoms with van der Waals surface area (Å²) in [4.78, 5) is 36.2. The number of aliphatic hydroxyl groups excluding tert-OH is 2. The molecule has 1 saturated carbocycles. The van der Waals surface area contributed by atoms with E-state index >= 15 is 0 Å². The Labute approximate surface area is 257 Å². The number of hydrogen-bond donors (Lipinski definition) is 3. The first-order chi connectivity index (χ1) is 20.7. The number of aryl methyl sites for hydroxylation is 1. The van der Waals surface area contributed by atoms with Crippen LogP contribution in [0.2, 0.25) is 0 Å². The van der Waals surface area contributed by atoms with E-state index in [0.717, 1.165) is 24.8 Å². The molecule has 0 unspecified atom stereocenters. The van der Waals surface area contributed by atoms with Crippen molar-refractivity contribution in [3.05, 3.63) is 48.0 Å². The fourth-order valence-electron chi connectivity index (χ4n) is 5.49. The van der Waals surface area contributed by atoms with Gasteiger partial charge in [0.25, 0.3) is 0 Å². The van der Waals surface area contributed by atoms with Gasteiger partial charge in [-0.3, -0.25) is 14.4 Å². The molecule has 242 valence electrons. The van der Waals surface area contributed by atoms with Gasteiger partial charge in [-0.25, -0.2) is 0 Å². The van der Waals surface area contributed by atoms with Crippen LogP contribution in [-0.4, -0.2) is 72.2 Å². The number of unbranched alkanes of at least 4 members (excludes halogenated alkanes) is 1. The van der Waals surface area contributed by atoms with E-state index in [4.69, 9.17) is 14.2 Å². The first-order valence-corrected chi connectivity index (χ1v) is 16.0. The molecule has 1 aliphatic carbocycles. The minimum absolute atomic E-state index is 0.0263. The van der Waals surface area contributed by atoms with Crippen LogP contribution in [0.5, 0.6) is 0 Å². The molecule has 0 aliphatic heterocycles. The van der Waals surface area contributed by atoms with Gasteiger partial charge in [-0.15, -0.1) is 0 Å². The molecular weight excluding hydrogens is 550 g/mol. The summed E-state index contributed by atoms with van der Waals surface area (Å²) in [6.45, 7) is 6.30. The van der Waals surface area contributed by atoms with Gasteiger partial charge in [0.2, 0.25) is 5.91 Å². The normalized spacial score (nSPS) is 20.8. The molecule has 43 heavy (non-hydrogen) atoms. The van der Waals surface area contributed by atoms with E-state index in [2.05, 4.69) is 5.32 Å². The topological polar surface area (TPSA) is 131 Å².